The molecule has 2 fully saturated rings. The van der Waals surface area contributed by atoms with E-state index in [4.69, 9.17) is 0 Å². The summed E-state index contributed by atoms with van der Waals surface area (Å²) in [6.45, 7) is 3.53. The van der Waals surface area contributed by atoms with E-state index in [0.29, 0.717) is 6.04 Å². The molecular formula is C15H20N2. The van der Waals surface area contributed by atoms with Crippen molar-refractivity contribution in [3.63, 3.8) is 0 Å². The van der Waals surface area contributed by atoms with Gasteiger partial charge in [-0.1, -0.05) is 24.3 Å². The molecule has 1 saturated carbocycles. The van der Waals surface area contributed by atoms with Gasteiger partial charge in [0, 0.05) is 31.7 Å². The maximum Gasteiger partial charge on any atom is 0.0479 e. The number of rotatable bonds is 1. The maximum atomic E-state index is 3.59. The van der Waals surface area contributed by atoms with E-state index < -0.39 is 0 Å². The Labute approximate surface area is 103 Å². The predicted octanol–water partition coefficient (Wildman–Crippen LogP) is 2.32. The van der Waals surface area contributed by atoms with E-state index in [0.717, 1.165) is 25.0 Å². The number of benzene rings is 1. The highest BCUT2D eigenvalue weighted by Crippen LogP contribution is 2.43. The summed E-state index contributed by atoms with van der Waals surface area (Å²) in [5.74, 6) is 0.995. The number of fused-ring (bicyclic) bond motifs is 3. The summed E-state index contributed by atoms with van der Waals surface area (Å²) in [5, 5.41) is 3.59. The average Bonchev–Trinajstić information content (AvgIpc) is 3.00. The molecule has 1 saturated heterocycles. The van der Waals surface area contributed by atoms with Crippen LogP contribution in [0.3, 0.4) is 0 Å². The quantitative estimate of drug-likeness (QED) is 0.793. The van der Waals surface area contributed by atoms with Crippen molar-refractivity contribution in [1.29, 1.82) is 0 Å². The fourth-order valence-corrected chi connectivity index (χ4v) is 4.11. The van der Waals surface area contributed by atoms with Crippen LogP contribution in [-0.4, -0.2) is 24.0 Å². The Morgan fingerprint density at radius 3 is 2.94 bits per heavy atom. The fourth-order valence-electron chi connectivity index (χ4n) is 4.11. The van der Waals surface area contributed by atoms with Crippen molar-refractivity contribution < 1.29 is 0 Å². The van der Waals surface area contributed by atoms with Gasteiger partial charge in [-0.15, -0.1) is 0 Å². The van der Waals surface area contributed by atoms with Crippen LogP contribution < -0.4 is 5.32 Å². The summed E-state index contributed by atoms with van der Waals surface area (Å²) in [6, 6.07) is 10.5. The Morgan fingerprint density at radius 1 is 1.18 bits per heavy atom. The first-order valence-electron chi connectivity index (χ1n) is 6.96. The summed E-state index contributed by atoms with van der Waals surface area (Å²) in [5.41, 5.74) is 3.09. The van der Waals surface area contributed by atoms with E-state index >= 15 is 0 Å². The molecule has 90 valence electrons. The normalized spacial score (nSPS) is 36.1. The van der Waals surface area contributed by atoms with Gasteiger partial charge in [0.05, 0.1) is 0 Å². The first-order chi connectivity index (χ1) is 8.42. The molecule has 2 heteroatoms. The van der Waals surface area contributed by atoms with Crippen molar-refractivity contribution in [3.8, 4) is 0 Å². The van der Waals surface area contributed by atoms with Gasteiger partial charge >= 0.3 is 0 Å². The van der Waals surface area contributed by atoms with Crippen LogP contribution in [0.5, 0.6) is 0 Å². The molecule has 3 atom stereocenters. The molecule has 0 aromatic heterocycles. The molecule has 2 aliphatic heterocycles. The van der Waals surface area contributed by atoms with Crippen molar-refractivity contribution >= 4 is 0 Å². The van der Waals surface area contributed by atoms with E-state index in [1.54, 1.807) is 5.56 Å². The minimum Gasteiger partial charge on any atom is -0.311 e. The second-order valence-corrected chi connectivity index (χ2v) is 5.88. The van der Waals surface area contributed by atoms with E-state index in [1.165, 1.54) is 31.4 Å². The summed E-state index contributed by atoms with van der Waals surface area (Å²) in [4.78, 5) is 2.78. The van der Waals surface area contributed by atoms with Crippen LogP contribution in [0, 0.1) is 5.92 Å². The molecule has 1 aliphatic carbocycles. The molecule has 0 spiro atoms. The molecule has 0 radical (unpaired) electrons. The van der Waals surface area contributed by atoms with Crippen LogP contribution in [0.25, 0.3) is 0 Å². The lowest BCUT2D eigenvalue weighted by Gasteiger charge is -2.38. The third-order valence-electron chi connectivity index (χ3n) is 4.92. The minimum absolute atomic E-state index is 0.634. The standard InChI is InChI=1S/C15H20N2/c1-2-4-14-12(3-1)8-16-9-15(14)17-10-11-5-6-13(17)7-11/h1-4,11,13,15-16H,5-10H2. The van der Waals surface area contributed by atoms with Crippen molar-refractivity contribution in [3.05, 3.63) is 35.4 Å². The van der Waals surface area contributed by atoms with Gasteiger partial charge in [-0.25, -0.2) is 0 Å². The molecule has 4 rings (SSSR count). The van der Waals surface area contributed by atoms with E-state index in [1.807, 2.05) is 0 Å². The number of piperidine rings is 1. The molecule has 1 N–H and O–H groups in total. The molecule has 2 heterocycles. The van der Waals surface area contributed by atoms with Crippen LogP contribution in [0.1, 0.15) is 36.4 Å². The van der Waals surface area contributed by atoms with Gasteiger partial charge in [0.25, 0.3) is 0 Å². The maximum absolute atomic E-state index is 3.59. The Morgan fingerprint density at radius 2 is 2.12 bits per heavy atom. The summed E-state index contributed by atoms with van der Waals surface area (Å²) >= 11 is 0. The van der Waals surface area contributed by atoms with Gasteiger partial charge < -0.3 is 5.32 Å². The lowest BCUT2D eigenvalue weighted by Crippen LogP contribution is -2.43. The Balaban J connectivity index is 1.67. The Kier molecular flexibility index (Phi) is 2.27. The second-order valence-electron chi connectivity index (χ2n) is 5.88. The van der Waals surface area contributed by atoms with Gasteiger partial charge in [0.2, 0.25) is 0 Å². The van der Waals surface area contributed by atoms with Crippen LogP contribution in [0.15, 0.2) is 24.3 Å². The molecule has 1 aromatic rings. The average molecular weight is 228 g/mol. The molecule has 17 heavy (non-hydrogen) atoms. The Hall–Kier alpha value is -0.860. The Bertz CT molecular complexity index is 429. The lowest BCUT2D eigenvalue weighted by atomic mass is 9.94. The van der Waals surface area contributed by atoms with Gasteiger partial charge in [0.15, 0.2) is 0 Å². The fraction of sp³-hybridized carbons (Fsp3) is 0.600. The van der Waals surface area contributed by atoms with Crippen molar-refractivity contribution in [1.82, 2.24) is 10.2 Å². The first kappa shape index (κ1) is 10.1. The van der Waals surface area contributed by atoms with Gasteiger partial charge in [-0.3, -0.25) is 4.90 Å². The van der Waals surface area contributed by atoms with Gasteiger partial charge in [-0.2, -0.15) is 0 Å². The number of hydrogen-bond acceptors (Lipinski definition) is 2. The monoisotopic (exact) mass is 228 g/mol. The number of nitrogens with zero attached hydrogens (tertiary/aromatic N) is 1. The number of likely N-dealkylation sites (tertiary alicyclic amines) is 1. The number of nitrogens with one attached hydrogen (secondary N) is 1. The summed E-state index contributed by atoms with van der Waals surface area (Å²) in [7, 11) is 0. The van der Waals surface area contributed by atoms with Crippen LogP contribution >= 0.6 is 0 Å². The minimum atomic E-state index is 0.634. The lowest BCUT2D eigenvalue weighted by molar-refractivity contribution is 0.140. The van der Waals surface area contributed by atoms with E-state index in [-0.39, 0.29) is 0 Å². The SMILES string of the molecule is c1ccc2c(c1)CNCC2N1CC2CCC1C2. The highest BCUT2D eigenvalue weighted by molar-refractivity contribution is 5.32. The van der Waals surface area contributed by atoms with Gasteiger partial charge in [-0.05, 0) is 36.3 Å². The van der Waals surface area contributed by atoms with E-state index in [9.17, 15) is 0 Å². The molecule has 3 unspecified atom stereocenters. The molecular weight excluding hydrogens is 208 g/mol. The van der Waals surface area contributed by atoms with Crippen molar-refractivity contribution in [2.24, 2.45) is 5.92 Å². The van der Waals surface area contributed by atoms with Crippen LogP contribution in [-0.2, 0) is 6.54 Å². The first-order valence-corrected chi connectivity index (χ1v) is 6.96. The zero-order chi connectivity index (χ0) is 11.2. The summed E-state index contributed by atoms with van der Waals surface area (Å²) in [6.07, 6.45) is 4.37. The zero-order valence-electron chi connectivity index (χ0n) is 10.2. The molecule has 1 aromatic carbocycles. The highest BCUT2D eigenvalue weighted by atomic mass is 15.2. The third kappa shape index (κ3) is 1.54. The topological polar surface area (TPSA) is 15.3 Å². The largest absolute Gasteiger partial charge is 0.311 e. The smallest absolute Gasteiger partial charge is 0.0479 e. The van der Waals surface area contributed by atoms with Crippen LogP contribution in [0.4, 0.5) is 0 Å². The van der Waals surface area contributed by atoms with Crippen LogP contribution in [0.2, 0.25) is 0 Å². The second kappa shape index (κ2) is 3.82. The van der Waals surface area contributed by atoms with Gasteiger partial charge in [0.1, 0.15) is 0 Å². The molecule has 2 nitrogen and oxygen atoms in total. The third-order valence-corrected chi connectivity index (χ3v) is 4.92. The molecule has 0 amide bonds. The van der Waals surface area contributed by atoms with Crippen molar-refractivity contribution in [2.45, 2.75) is 37.9 Å². The summed E-state index contributed by atoms with van der Waals surface area (Å²) < 4.78 is 0. The van der Waals surface area contributed by atoms with Crippen molar-refractivity contribution in [2.75, 3.05) is 13.1 Å². The van der Waals surface area contributed by atoms with E-state index in [2.05, 4.69) is 34.5 Å². The predicted molar refractivity (Wildman–Crippen MR) is 68.7 cm³/mol. The highest BCUT2D eigenvalue weighted by Gasteiger charge is 2.42. The molecule has 3 aliphatic rings. The number of hydrogen-bond donors (Lipinski definition) is 1. The molecule has 2 bridgehead atoms. The zero-order valence-corrected chi connectivity index (χ0v) is 10.2.